The minimum absolute atomic E-state index is 0.212. The van der Waals surface area contributed by atoms with E-state index in [9.17, 15) is 0 Å². The summed E-state index contributed by atoms with van der Waals surface area (Å²) in [6.45, 7) is 0. The Bertz CT molecular complexity index is 112. The van der Waals surface area contributed by atoms with Gasteiger partial charge in [0.2, 0.25) is 0 Å². The molecule has 0 aliphatic carbocycles. The van der Waals surface area contributed by atoms with E-state index < -0.39 is 0 Å². The van der Waals surface area contributed by atoms with Crippen molar-refractivity contribution in [2.24, 2.45) is 0 Å². The van der Waals surface area contributed by atoms with Crippen LogP contribution >= 0.6 is 92.8 Å². The van der Waals surface area contributed by atoms with Crippen LogP contribution in [-0.2, 0) is 0 Å². The van der Waals surface area contributed by atoms with E-state index in [4.69, 9.17) is 92.8 Å². The SMILES string of the molecule is ClCC(Cl)C(Cl)CCl.ClCC(Cl)C(Cl)CCl. The minimum Gasteiger partial charge on any atom is -0.125 e. The van der Waals surface area contributed by atoms with Crippen LogP contribution < -0.4 is 0 Å². The molecule has 0 heterocycles. The van der Waals surface area contributed by atoms with Gasteiger partial charge < -0.3 is 0 Å². The molecule has 0 nitrogen and oxygen atoms in total. The molecule has 0 aromatic carbocycles. The molecule has 0 N–H and O–H groups in total. The first-order valence-corrected chi connectivity index (χ1v) is 8.13. The fourth-order valence-corrected chi connectivity index (χ4v) is 1.97. The van der Waals surface area contributed by atoms with Gasteiger partial charge in [0.25, 0.3) is 0 Å². The van der Waals surface area contributed by atoms with Gasteiger partial charge in [-0.25, -0.2) is 0 Å². The zero-order chi connectivity index (χ0) is 13.1. The Morgan fingerprint density at radius 3 is 0.625 bits per heavy atom. The van der Waals surface area contributed by atoms with Crippen molar-refractivity contribution in [1.29, 1.82) is 0 Å². The summed E-state index contributed by atoms with van der Waals surface area (Å²) in [4.78, 5) is 0. The molecule has 0 radical (unpaired) electrons. The first-order chi connectivity index (χ1) is 7.44. The number of rotatable bonds is 6. The van der Waals surface area contributed by atoms with Crippen LogP contribution in [-0.4, -0.2) is 45.0 Å². The molecular formula is C8H12Cl8. The van der Waals surface area contributed by atoms with E-state index in [1.165, 1.54) is 0 Å². The van der Waals surface area contributed by atoms with Crippen LogP contribution in [0.3, 0.4) is 0 Å². The highest BCUT2D eigenvalue weighted by Gasteiger charge is 2.13. The van der Waals surface area contributed by atoms with Crippen molar-refractivity contribution in [3.05, 3.63) is 0 Å². The van der Waals surface area contributed by atoms with Crippen molar-refractivity contribution in [2.45, 2.75) is 21.5 Å². The maximum atomic E-state index is 5.57. The zero-order valence-corrected chi connectivity index (χ0v) is 14.2. The van der Waals surface area contributed by atoms with Gasteiger partial charge in [0.1, 0.15) is 0 Å². The molecule has 100 valence electrons. The van der Waals surface area contributed by atoms with Gasteiger partial charge in [-0.3, -0.25) is 0 Å². The largest absolute Gasteiger partial charge is 0.125 e. The molecule has 0 amide bonds. The Morgan fingerprint density at radius 2 is 0.562 bits per heavy atom. The van der Waals surface area contributed by atoms with Crippen LogP contribution in [0.15, 0.2) is 0 Å². The zero-order valence-electron chi connectivity index (χ0n) is 8.16. The van der Waals surface area contributed by atoms with E-state index in [1.54, 1.807) is 0 Å². The van der Waals surface area contributed by atoms with Crippen LogP contribution in [0.1, 0.15) is 0 Å². The van der Waals surface area contributed by atoms with Gasteiger partial charge in [-0.15, -0.1) is 92.8 Å². The molecule has 4 unspecified atom stereocenters. The lowest BCUT2D eigenvalue weighted by atomic mass is 10.4. The van der Waals surface area contributed by atoms with Crippen LogP contribution in [0.2, 0.25) is 0 Å². The highest BCUT2D eigenvalue weighted by atomic mass is 35.5. The number of halogens is 8. The van der Waals surface area contributed by atoms with Crippen LogP contribution in [0, 0.1) is 0 Å². The fraction of sp³-hybridized carbons (Fsp3) is 1.00. The topological polar surface area (TPSA) is 0 Å². The van der Waals surface area contributed by atoms with Crippen molar-refractivity contribution >= 4 is 92.8 Å². The predicted octanol–water partition coefficient (Wildman–Crippen LogP) is 5.36. The average Bonchev–Trinajstić information content (AvgIpc) is 2.35. The Balaban J connectivity index is 0. The molecule has 4 atom stereocenters. The van der Waals surface area contributed by atoms with Gasteiger partial charge in [-0.05, 0) is 0 Å². The Kier molecular flexibility index (Phi) is 17.7. The van der Waals surface area contributed by atoms with E-state index in [-0.39, 0.29) is 21.5 Å². The summed E-state index contributed by atoms with van der Waals surface area (Å²) in [5.74, 6) is 1.40. The third-order valence-corrected chi connectivity index (χ3v) is 5.43. The van der Waals surface area contributed by atoms with Crippen molar-refractivity contribution < 1.29 is 0 Å². The second-order valence-corrected chi connectivity index (χ2v) is 6.16. The number of hydrogen-bond donors (Lipinski definition) is 0. The van der Waals surface area contributed by atoms with Gasteiger partial charge in [-0.2, -0.15) is 0 Å². The van der Waals surface area contributed by atoms with Crippen LogP contribution in [0.4, 0.5) is 0 Å². The minimum atomic E-state index is -0.212. The normalized spacial score (nSPS) is 18.0. The van der Waals surface area contributed by atoms with Crippen molar-refractivity contribution in [3.63, 3.8) is 0 Å². The van der Waals surface area contributed by atoms with Crippen LogP contribution in [0.5, 0.6) is 0 Å². The third kappa shape index (κ3) is 11.4. The second kappa shape index (κ2) is 13.7. The Hall–Kier alpha value is 2.32. The van der Waals surface area contributed by atoms with Crippen LogP contribution in [0.25, 0.3) is 0 Å². The monoisotopic (exact) mass is 388 g/mol. The molecule has 0 aliphatic rings. The average molecular weight is 392 g/mol. The first kappa shape index (κ1) is 20.6. The smallest absolute Gasteiger partial charge is 0.0646 e. The van der Waals surface area contributed by atoms with E-state index in [0.29, 0.717) is 23.5 Å². The highest BCUT2D eigenvalue weighted by molar-refractivity contribution is 6.37. The molecule has 0 aliphatic heterocycles. The van der Waals surface area contributed by atoms with Crippen molar-refractivity contribution in [2.75, 3.05) is 23.5 Å². The van der Waals surface area contributed by atoms with Crippen molar-refractivity contribution in [3.8, 4) is 0 Å². The lowest BCUT2D eigenvalue weighted by molar-refractivity contribution is 0.917. The number of alkyl halides is 8. The molecular weight excluding hydrogens is 380 g/mol. The standard InChI is InChI=1S/2C4H6Cl4/c2*5-1-3(7)4(8)2-6/h2*3-4H,1-2H2. The molecule has 0 bridgehead atoms. The van der Waals surface area contributed by atoms with Gasteiger partial charge >= 0.3 is 0 Å². The molecule has 0 aromatic rings. The molecule has 0 spiro atoms. The number of hydrogen-bond acceptors (Lipinski definition) is 0. The third-order valence-electron chi connectivity index (χ3n) is 1.37. The fourth-order valence-electron chi connectivity index (χ4n) is 0.387. The van der Waals surface area contributed by atoms with E-state index >= 15 is 0 Å². The molecule has 0 aromatic heterocycles. The lowest BCUT2D eigenvalue weighted by Gasteiger charge is -2.07. The molecule has 0 fully saturated rings. The maximum absolute atomic E-state index is 5.57. The predicted molar refractivity (Wildman–Crippen MR) is 81.4 cm³/mol. The summed E-state index contributed by atoms with van der Waals surface area (Å²) in [5, 5.41) is -0.849. The maximum Gasteiger partial charge on any atom is 0.0646 e. The quantitative estimate of drug-likeness (QED) is 0.535. The van der Waals surface area contributed by atoms with Crippen molar-refractivity contribution in [1.82, 2.24) is 0 Å². The van der Waals surface area contributed by atoms with Gasteiger partial charge in [0.15, 0.2) is 0 Å². The summed E-state index contributed by atoms with van der Waals surface area (Å²) in [5.41, 5.74) is 0. The summed E-state index contributed by atoms with van der Waals surface area (Å²) in [7, 11) is 0. The lowest BCUT2D eigenvalue weighted by Crippen LogP contribution is -2.17. The van der Waals surface area contributed by atoms with Gasteiger partial charge in [0.05, 0.1) is 21.5 Å². The first-order valence-electron chi connectivity index (χ1n) is 4.24. The molecule has 0 saturated carbocycles. The van der Waals surface area contributed by atoms with E-state index in [2.05, 4.69) is 0 Å². The molecule has 16 heavy (non-hydrogen) atoms. The summed E-state index contributed by atoms with van der Waals surface area (Å²) >= 11 is 43.7. The Morgan fingerprint density at radius 1 is 0.438 bits per heavy atom. The van der Waals surface area contributed by atoms with E-state index in [0.717, 1.165) is 0 Å². The van der Waals surface area contributed by atoms with E-state index in [1.807, 2.05) is 0 Å². The Labute approximate surface area is 137 Å². The highest BCUT2D eigenvalue weighted by Crippen LogP contribution is 2.13. The van der Waals surface area contributed by atoms with Gasteiger partial charge in [-0.1, -0.05) is 0 Å². The molecule has 8 heteroatoms. The summed E-state index contributed by atoms with van der Waals surface area (Å²) < 4.78 is 0. The molecule has 0 rings (SSSR count). The summed E-state index contributed by atoms with van der Waals surface area (Å²) in [6.07, 6.45) is 0. The van der Waals surface area contributed by atoms with Gasteiger partial charge in [0, 0.05) is 23.5 Å². The second-order valence-electron chi connectivity index (χ2n) is 2.68. The summed E-state index contributed by atoms with van der Waals surface area (Å²) in [6, 6.07) is 0. The molecule has 0 saturated heterocycles.